The zero-order valence-corrected chi connectivity index (χ0v) is 17.1. The lowest BCUT2D eigenvalue weighted by Gasteiger charge is -2.26. The van der Waals surface area contributed by atoms with Crippen molar-refractivity contribution in [3.63, 3.8) is 0 Å². The third kappa shape index (κ3) is 3.80. The minimum absolute atomic E-state index is 0.0265. The highest BCUT2D eigenvalue weighted by molar-refractivity contribution is 7.90. The summed E-state index contributed by atoms with van der Waals surface area (Å²) in [4.78, 5) is 27.3. The first-order chi connectivity index (χ1) is 13.1. The van der Waals surface area contributed by atoms with Gasteiger partial charge in [-0.05, 0) is 56.5 Å². The molecule has 0 saturated heterocycles. The first-order valence-electron chi connectivity index (χ1n) is 9.02. The normalized spacial score (nSPS) is 17.1. The molecule has 3 rings (SSSR count). The lowest BCUT2D eigenvalue weighted by Crippen LogP contribution is -2.43. The molecule has 1 heterocycles. The van der Waals surface area contributed by atoms with Crippen LogP contribution >= 0.6 is 0 Å². The topological polar surface area (TPSA) is 80.7 Å². The number of para-hydroxylation sites is 1. The van der Waals surface area contributed by atoms with Crippen LogP contribution in [0, 0.1) is 6.92 Å². The van der Waals surface area contributed by atoms with Crippen molar-refractivity contribution in [2.24, 2.45) is 0 Å². The predicted molar refractivity (Wildman–Crippen MR) is 106 cm³/mol. The van der Waals surface area contributed by atoms with Gasteiger partial charge in [0.05, 0.1) is 10.5 Å². The molecule has 0 spiro atoms. The smallest absolute Gasteiger partial charge is 0.339 e. The van der Waals surface area contributed by atoms with E-state index in [0.717, 1.165) is 23.9 Å². The Morgan fingerprint density at radius 3 is 2.54 bits per heavy atom. The number of carbonyl (C=O) groups excluding carboxylic acids is 2. The van der Waals surface area contributed by atoms with E-state index < -0.39 is 21.9 Å². The molecular formula is C21H23NO5S. The highest BCUT2D eigenvalue weighted by atomic mass is 32.2. The second kappa shape index (κ2) is 7.39. The summed E-state index contributed by atoms with van der Waals surface area (Å²) in [5.74, 6) is -1.02. The van der Waals surface area contributed by atoms with Crippen molar-refractivity contribution >= 4 is 27.4 Å². The predicted octanol–water partition coefficient (Wildman–Crippen LogP) is 2.92. The van der Waals surface area contributed by atoms with Crippen LogP contribution < -0.4 is 4.90 Å². The average Bonchev–Trinajstić information content (AvgIpc) is 2.95. The molecule has 0 aliphatic carbocycles. The molecule has 0 saturated carbocycles. The van der Waals surface area contributed by atoms with Gasteiger partial charge in [0.1, 0.15) is 0 Å². The molecule has 0 unspecified atom stereocenters. The Bertz CT molecular complexity index is 1040. The Labute approximate surface area is 165 Å². The third-order valence-corrected chi connectivity index (χ3v) is 6.04. The second-order valence-electron chi connectivity index (χ2n) is 7.19. The Hall–Kier alpha value is -2.67. The molecule has 0 bridgehead atoms. The van der Waals surface area contributed by atoms with Gasteiger partial charge < -0.3 is 9.64 Å². The van der Waals surface area contributed by atoms with Gasteiger partial charge in [0.15, 0.2) is 15.9 Å². The van der Waals surface area contributed by atoms with Gasteiger partial charge in [-0.25, -0.2) is 13.2 Å². The maximum atomic E-state index is 12.9. The number of benzene rings is 2. The van der Waals surface area contributed by atoms with Gasteiger partial charge in [0, 0.05) is 18.0 Å². The van der Waals surface area contributed by atoms with E-state index in [1.54, 1.807) is 17.9 Å². The number of ether oxygens (including phenoxy) is 1. The Balaban J connectivity index is 1.81. The van der Waals surface area contributed by atoms with Crippen molar-refractivity contribution in [1.82, 2.24) is 0 Å². The lowest BCUT2D eigenvalue weighted by molar-refractivity contribution is -0.126. The van der Waals surface area contributed by atoms with Crippen molar-refractivity contribution in [2.75, 3.05) is 11.2 Å². The number of esters is 1. The van der Waals surface area contributed by atoms with Crippen molar-refractivity contribution in [2.45, 2.75) is 44.2 Å². The van der Waals surface area contributed by atoms with E-state index in [4.69, 9.17) is 4.74 Å². The van der Waals surface area contributed by atoms with Crippen molar-refractivity contribution < 1.29 is 22.7 Å². The Morgan fingerprint density at radius 1 is 1.18 bits per heavy atom. The monoisotopic (exact) mass is 401 g/mol. The fourth-order valence-electron chi connectivity index (χ4n) is 3.42. The van der Waals surface area contributed by atoms with Gasteiger partial charge in [-0.1, -0.05) is 24.3 Å². The highest BCUT2D eigenvalue weighted by Gasteiger charge is 2.34. The van der Waals surface area contributed by atoms with Crippen molar-refractivity contribution in [3.8, 4) is 0 Å². The molecule has 0 aromatic heterocycles. The van der Waals surface area contributed by atoms with Gasteiger partial charge >= 0.3 is 5.97 Å². The number of aryl methyl sites for hydroxylation is 1. The van der Waals surface area contributed by atoms with E-state index in [2.05, 4.69) is 0 Å². The van der Waals surface area contributed by atoms with Gasteiger partial charge in [-0.3, -0.25) is 4.79 Å². The van der Waals surface area contributed by atoms with Crippen LogP contribution in [0.15, 0.2) is 47.4 Å². The number of hydrogen-bond donors (Lipinski definition) is 0. The number of sulfone groups is 1. The highest BCUT2D eigenvalue weighted by Crippen LogP contribution is 2.32. The zero-order chi connectivity index (χ0) is 20.6. The van der Waals surface area contributed by atoms with Crippen LogP contribution in [-0.2, 0) is 25.8 Å². The average molecular weight is 401 g/mol. The molecule has 1 aliphatic heterocycles. The number of hydrogen-bond acceptors (Lipinski definition) is 5. The standard InChI is InChI=1S/C21H23NO5S/c1-13-9-10-17(28(4,25)26)12-18(13)21(24)27-15(3)20(23)22-14(2)11-16-7-5-6-8-19(16)22/h5-10,12,14-15H,11H2,1-4H3/t14-,15+/m1/s1. The molecule has 28 heavy (non-hydrogen) atoms. The molecule has 7 heteroatoms. The van der Waals surface area contributed by atoms with E-state index in [1.165, 1.54) is 19.1 Å². The molecule has 0 radical (unpaired) electrons. The number of anilines is 1. The Kier molecular flexibility index (Phi) is 5.30. The lowest BCUT2D eigenvalue weighted by atomic mass is 10.1. The zero-order valence-electron chi connectivity index (χ0n) is 16.3. The summed E-state index contributed by atoms with van der Waals surface area (Å²) in [6.07, 6.45) is 0.825. The molecule has 2 aromatic carbocycles. The molecule has 2 aromatic rings. The van der Waals surface area contributed by atoms with Gasteiger partial charge in [-0.15, -0.1) is 0 Å². The number of carbonyl (C=O) groups is 2. The summed E-state index contributed by atoms with van der Waals surface area (Å²) in [5, 5.41) is 0. The van der Waals surface area contributed by atoms with Crippen LogP contribution in [0.4, 0.5) is 5.69 Å². The summed E-state index contributed by atoms with van der Waals surface area (Å²) in [5.41, 5.74) is 2.63. The van der Waals surface area contributed by atoms with Crippen LogP contribution in [-0.4, -0.2) is 38.7 Å². The molecule has 1 aliphatic rings. The van der Waals surface area contributed by atoms with Crippen LogP contribution in [0.3, 0.4) is 0 Å². The van der Waals surface area contributed by atoms with Crippen LogP contribution in [0.25, 0.3) is 0 Å². The van der Waals surface area contributed by atoms with Gasteiger partial charge in [0.2, 0.25) is 0 Å². The molecule has 148 valence electrons. The number of amides is 1. The van der Waals surface area contributed by atoms with E-state index >= 15 is 0 Å². The SMILES string of the molecule is Cc1ccc(S(C)(=O)=O)cc1C(=O)O[C@@H](C)C(=O)N1c2ccccc2C[C@H]1C. The van der Waals surface area contributed by atoms with Gasteiger partial charge in [-0.2, -0.15) is 0 Å². The first kappa shape index (κ1) is 20.1. The fraction of sp³-hybridized carbons (Fsp3) is 0.333. The second-order valence-corrected chi connectivity index (χ2v) is 9.20. The van der Waals surface area contributed by atoms with Crippen LogP contribution in [0.1, 0.15) is 35.3 Å². The maximum absolute atomic E-state index is 12.9. The summed E-state index contributed by atoms with van der Waals surface area (Å²) >= 11 is 0. The van der Waals surface area contributed by atoms with E-state index in [0.29, 0.717) is 5.56 Å². The van der Waals surface area contributed by atoms with E-state index in [-0.39, 0.29) is 22.4 Å². The van der Waals surface area contributed by atoms with Gasteiger partial charge in [0.25, 0.3) is 5.91 Å². The number of nitrogens with zero attached hydrogens (tertiary/aromatic N) is 1. The quantitative estimate of drug-likeness (QED) is 0.736. The molecule has 0 N–H and O–H groups in total. The number of fused-ring (bicyclic) bond motifs is 1. The molecule has 1 amide bonds. The molecule has 0 fully saturated rings. The van der Waals surface area contributed by atoms with Crippen molar-refractivity contribution in [3.05, 3.63) is 59.2 Å². The fourth-order valence-corrected chi connectivity index (χ4v) is 4.07. The summed E-state index contributed by atoms with van der Waals surface area (Å²) in [7, 11) is -3.46. The summed E-state index contributed by atoms with van der Waals surface area (Å²) in [6.45, 7) is 5.17. The largest absolute Gasteiger partial charge is 0.449 e. The van der Waals surface area contributed by atoms with Crippen LogP contribution in [0.2, 0.25) is 0 Å². The molecular weight excluding hydrogens is 378 g/mol. The third-order valence-electron chi connectivity index (χ3n) is 4.93. The minimum Gasteiger partial charge on any atom is -0.449 e. The Morgan fingerprint density at radius 2 is 1.86 bits per heavy atom. The summed E-state index contributed by atoms with van der Waals surface area (Å²) in [6, 6.07) is 11.9. The first-order valence-corrected chi connectivity index (χ1v) is 10.9. The minimum atomic E-state index is -3.46. The maximum Gasteiger partial charge on any atom is 0.339 e. The van der Waals surface area contributed by atoms with E-state index in [9.17, 15) is 18.0 Å². The number of rotatable bonds is 4. The molecule has 6 nitrogen and oxygen atoms in total. The summed E-state index contributed by atoms with van der Waals surface area (Å²) < 4.78 is 28.9. The van der Waals surface area contributed by atoms with Crippen molar-refractivity contribution in [1.29, 1.82) is 0 Å². The van der Waals surface area contributed by atoms with Crippen LogP contribution in [0.5, 0.6) is 0 Å². The van der Waals surface area contributed by atoms with E-state index in [1.807, 2.05) is 31.2 Å². The molecule has 2 atom stereocenters.